The van der Waals surface area contributed by atoms with Crippen molar-refractivity contribution in [1.82, 2.24) is 4.90 Å². The summed E-state index contributed by atoms with van der Waals surface area (Å²) < 4.78 is 17.1. The average molecular weight is 255 g/mol. The molecule has 2 unspecified atom stereocenters. The SMILES string of the molecule is CCOC1(N2CC3CC(=O)CC(C3)C2)OCCO1. The van der Waals surface area contributed by atoms with Crippen molar-refractivity contribution in [1.29, 1.82) is 0 Å². The Bertz CT molecular complexity index is 311. The van der Waals surface area contributed by atoms with E-state index in [4.69, 9.17) is 14.2 Å². The van der Waals surface area contributed by atoms with E-state index < -0.39 is 6.10 Å². The van der Waals surface area contributed by atoms with Gasteiger partial charge in [-0.05, 0) is 25.2 Å². The van der Waals surface area contributed by atoms with Gasteiger partial charge in [-0.15, -0.1) is 0 Å². The van der Waals surface area contributed by atoms with Crippen molar-refractivity contribution in [3.05, 3.63) is 0 Å². The molecule has 5 heteroatoms. The minimum atomic E-state index is -0.980. The lowest BCUT2D eigenvalue weighted by Gasteiger charge is -2.46. The standard InChI is InChI=1S/C13H21NO4/c1-2-16-13(17-3-4-18-13)14-8-10-5-11(9-14)7-12(15)6-10/h10-11H,2-9H2,1H3. The molecule has 2 bridgehead atoms. The monoisotopic (exact) mass is 255 g/mol. The molecule has 2 atom stereocenters. The molecule has 2 saturated heterocycles. The highest BCUT2D eigenvalue weighted by Crippen LogP contribution is 2.38. The summed E-state index contributed by atoms with van der Waals surface area (Å²) in [6.07, 6.45) is 1.58. The molecule has 0 aromatic heterocycles. The Morgan fingerprint density at radius 3 is 2.44 bits per heavy atom. The van der Waals surface area contributed by atoms with Gasteiger partial charge in [-0.25, -0.2) is 4.90 Å². The van der Waals surface area contributed by atoms with Gasteiger partial charge in [0.05, 0.1) is 19.8 Å². The molecule has 0 radical (unpaired) electrons. The van der Waals surface area contributed by atoms with Crippen molar-refractivity contribution < 1.29 is 19.0 Å². The molecular formula is C13H21NO4. The van der Waals surface area contributed by atoms with Crippen LogP contribution in [0.1, 0.15) is 26.2 Å². The van der Waals surface area contributed by atoms with Gasteiger partial charge in [-0.2, -0.15) is 0 Å². The van der Waals surface area contributed by atoms with Crippen LogP contribution in [0.5, 0.6) is 0 Å². The normalized spacial score (nSPS) is 35.9. The van der Waals surface area contributed by atoms with Crippen molar-refractivity contribution in [2.45, 2.75) is 32.3 Å². The first kappa shape index (κ1) is 12.5. The number of ketones is 1. The molecule has 0 N–H and O–H groups in total. The van der Waals surface area contributed by atoms with E-state index in [-0.39, 0.29) is 0 Å². The molecule has 3 rings (SSSR count). The van der Waals surface area contributed by atoms with Gasteiger partial charge in [-0.1, -0.05) is 0 Å². The van der Waals surface area contributed by atoms with Gasteiger partial charge in [0.25, 0.3) is 0 Å². The summed E-state index contributed by atoms with van der Waals surface area (Å²) in [5, 5.41) is 0. The molecule has 0 aromatic carbocycles. The highest BCUT2D eigenvalue weighted by molar-refractivity contribution is 5.79. The van der Waals surface area contributed by atoms with E-state index in [2.05, 4.69) is 4.90 Å². The fraction of sp³-hybridized carbons (Fsp3) is 0.923. The average Bonchev–Trinajstić information content (AvgIpc) is 2.77. The number of rotatable bonds is 3. The van der Waals surface area contributed by atoms with Crippen LogP contribution < -0.4 is 0 Å². The topological polar surface area (TPSA) is 48.0 Å². The van der Waals surface area contributed by atoms with Crippen LogP contribution in [-0.4, -0.2) is 49.7 Å². The predicted molar refractivity (Wildman–Crippen MR) is 63.7 cm³/mol. The maximum atomic E-state index is 11.6. The zero-order valence-corrected chi connectivity index (χ0v) is 10.9. The van der Waals surface area contributed by atoms with Gasteiger partial charge in [0.15, 0.2) is 0 Å². The van der Waals surface area contributed by atoms with Crippen LogP contribution in [-0.2, 0) is 19.0 Å². The second-order valence-electron chi connectivity index (χ2n) is 5.47. The lowest BCUT2D eigenvalue weighted by atomic mass is 9.77. The van der Waals surface area contributed by atoms with Crippen molar-refractivity contribution in [3.63, 3.8) is 0 Å². The number of likely N-dealkylation sites (tertiary alicyclic amines) is 1. The molecule has 2 aliphatic heterocycles. The van der Waals surface area contributed by atoms with Gasteiger partial charge in [-0.3, -0.25) is 4.79 Å². The molecule has 3 aliphatic rings. The number of hydrogen-bond donors (Lipinski definition) is 0. The van der Waals surface area contributed by atoms with Crippen LogP contribution >= 0.6 is 0 Å². The third kappa shape index (κ3) is 2.20. The zero-order valence-electron chi connectivity index (χ0n) is 10.9. The first-order chi connectivity index (χ1) is 8.72. The number of nitrogens with zero attached hydrogens (tertiary/aromatic N) is 1. The molecule has 1 saturated carbocycles. The van der Waals surface area contributed by atoms with Crippen molar-refractivity contribution in [3.8, 4) is 0 Å². The maximum Gasteiger partial charge on any atom is 0.353 e. The third-order valence-corrected chi connectivity index (χ3v) is 4.02. The maximum absolute atomic E-state index is 11.6. The zero-order chi connectivity index (χ0) is 12.6. The fourth-order valence-electron chi connectivity index (χ4n) is 3.49. The van der Waals surface area contributed by atoms with E-state index in [9.17, 15) is 4.79 Å². The molecule has 0 spiro atoms. The molecule has 2 heterocycles. The summed E-state index contributed by atoms with van der Waals surface area (Å²) in [6.45, 7) is 5.33. The molecule has 3 fully saturated rings. The Kier molecular flexibility index (Phi) is 3.40. The first-order valence-electron chi connectivity index (χ1n) is 6.90. The van der Waals surface area contributed by atoms with Crippen molar-refractivity contribution in [2.75, 3.05) is 32.9 Å². The van der Waals surface area contributed by atoms with Gasteiger partial charge in [0.1, 0.15) is 5.78 Å². The van der Waals surface area contributed by atoms with E-state index in [1.807, 2.05) is 6.92 Å². The molecular weight excluding hydrogens is 234 g/mol. The quantitative estimate of drug-likeness (QED) is 0.752. The third-order valence-electron chi connectivity index (χ3n) is 4.02. The van der Waals surface area contributed by atoms with Gasteiger partial charge in [0.2, 0.25) is 0 Å². The van der Waals surface area contributed by atoms with E-state index in [1.165, 1.54) is 0 Å². The molecule has 0 aromatic rings. The van der Waals surface area contributed by atoms with Crippen molar-refractivity contribution >= 4 is 5.78 Å². The molecule has 18 heavy (non-hydrogen) atoms. The summed E-state index contributed by atoms with van der Waals surface area (Å²) in [5.74, 6) is 1.29. The van der Waals surface area contributed by atoms with E-state index in [0.29, 0.717) is 50.3 Å². The number of Topliss-reactive ketones (excluding diaryl/α,β-unsaturated/α-hetero) is 1. The number of ether oxygens (including phenoxy) is 3. The lowest BCUT2D eigenvalue weighted by molar-refractivity contribution is -0.410. The Balaban J connectivity index is 1.74. The highest BCUT2D eigenvalue weighted by Gasteiger charge is 2.49. The summed E-state index contributed by atoms with van der Waals surface area (Å²) in [5.41, 5.74) is 0. The second-order valence-corrected chi connectivity index (χ2v) is 5.47. The van der Waals surface area contributed by atoms with Gasteiger partial charge < -0.3 is 14.2 Å². The summed E-state index contributed by atoms with van der Waals surface area (Å²) in [4.78, 5) is 13.7. The van der Waals surface area contributed by atoms with E-state index in [1.54, 1.807) is 0 Å². The molecule has 102 valence electrons. The second kappa shape index (κ2) is 4.89. The Morgan fingerprint density at radius 1 is 1.28 bits per heavy atom. The van der Waals surface area contributed by atoms with E-state index in [0.717, 1.165) is 19.5 Å². The van der Waals surface area contributed by atoms with Crippen LogP contribution in [0.25, 0.3) is 0 Å². The summed E-state index contributed by atoms with van der Waals surface area (Å²) in [7, 11) is 0. The smallest absolute Gasteiger partial charge is 0.314 e. The van der Waals surface area contributed by atoms with E-state index >= 15 is 0 Å². The summed E-state index contributed by atoms with van der Waals surface area (Å²) in [6, 6.07) is 0. The fourth-order valence-corrected chi connectivity index (χ4v) is 3.49. The van der Waals surface area contributed by atoms with Crippen LogP contribution in [0.15, 0.2) is 0 Å². The van der Waals surface area contributed by atoms with Crippen LogP contribution in [0.4, 0.5) is 0 Å². The highest BCUT2D eigenvalue weighted by atomic mass is 16.9. The predicted octanol–water partition coefficient (Wildman–Crippen LogP) is 0.982. The first-order valence-corrected chi connectivity index (χ1v) is 6.90. The van der Waals surface area contributed by atoms with Gasteiger partial charge in [0, 0.05) is 25.9 Å². The summed E-state index contributed by atoms with van der Waals surface area (Å²) >= 11 is 0. The number of carbonyl (C=O) groups excluding carboxylic acids is 1. The lowest BCUT2D eigenvalue weighted by Crippen LogP contribution is -2.58. The Morgan fingerprint density at radius 2 is 1.89 bits per heavy atom. The van der Waals surface area contributed by atoms with Crippen molar-refractivity contribution in [2.24, 2.45) is 11.8 Å². The van der Waals surface area contributed by atoms with Crippen LogP contribution in [0, 0.1) is 11.8 Å². The van der Waals surface area contributed by atoms with Crippen LogP contribution in [0.2, 0.25) is 0 Å². The Hall–Kier alpha value is -0.490. The minimum absolute atomic E-state index is 0.412. The van der Waals surface area contributed by atoms with Crippen LogP contribution in [0.3, 0.4) is 0 Å². The minimum Gasteiger partial charge on any atom is -0.314 e. The number of fused-ring (bicyclic) bond motifs is 2. The molecule has 5 nitrogen and oxygen atoms in total. The number of piperidine rings is 1. The Labute approximate surface area is 107 Å². The number of carbonyl (C=O) groups is 1. The largest absolute Gasteiger partial charge is 0.353 e. The molecule has 1 aliphatic carbocycles. The number of hydrogen-bond acceptors (Lipinski definition) is 5. The van der Waals surface area contributed by atoms with Gasteiger partial charge >= 0.3 is 6.10 Å². The molecule has 0 amide bonds.